The molecule has 3 aromatic rings. The van der Waals surface area contributed by atoms with Crippen molar-refractivity contribution in [3.63, 3.8) is 0 Å². The van der Waals surface area contributed by atoms with Crippen molar-refractivity contribution in [2.75, 3.05) is 0 Å². The minimum atomic E-state index is -0.585. The highest BCUT2D eigenvalue weighted by Gasteiger charge is 2.13. The zero-order chi connectivity index (χ0) is 13.4. The maximum absolute atomic E-state index is 13.5. The van der Waals surface area contributed by atoms with Crippen LogP contribution in [0.1, 0.15) is 17.0 Å². The second kappa shape index (κ2) is 4.46. The van der Waals surface area contributed by atoms with Crippen LogP contribution in [0.15, 0.2) is 40.8 Å². The molecule has 19 heavy (non-hydrogen) atoms. The zero-order valence-electron chi connectivity index (χ0n) is 10.3. The Morgan fingerprint density at radius 2 is 1.84 bits per heavy atom. The summed E-state index contributed by atoms with van der Waals surface area (Å²) >= 11 is 0. The van der Waals surface area contributed by atoms with E-state index in [2.05, 4.69) is 4.98 Å². The molecule has 1 aromatic heterocycles. The van der Waals surface area contributed by atoms with Crippen molar-refractivity contribution < 1.29 is 13.2 Å². The first-order valence-electron chi connectivity index (χ1n) is 5.92. The van der Waals surface area contributed by atoms with Crippen LogP contribution in [-0.2, 0) is 6.42 Å². The lowest BCUT2D eigenvalue weighted by molar-refractivity contribution is 0.515. The summed E-state index contributed by atoms with van der Waals surface area (Å²) in [6, 6.07) is 9.37. The Balaban J connectivity index is 2.01. The van der Waals surface area contributed by atoms with E-state index in [1.807, 2.05) is 19.1 Å². The zero-order valence-corrected chi connectivity index (χ0v) is 10.3. The standard InChI is InChI=1S/C15H11F2NO/c1-9-5-6-14-13(7-9)18-15(19-14)8-10-11(16)3-2-4-12(10)17/h2-7H,8H2,1H3. The summed E-state index contributed by atoms with van der Waals surface area (Å²) in [5.74, 6) is -0.860. The summed E-state index contributed by atoms with van der Waals surface area (Å²) in [6.07, 6.45) is 0.00618. The molecule has 0 amide bonds. The molecule has 2 nitrogen and oxygen atoms in total. The van der Waals surface area contributed by atoms with Gasteiger partial charge >= 0.3 is 0 Å². The number of benzene rings is 2. The maximum atomic E-state index is 13.5. The molecule has 3 rings (SSSR count). The van der Waals surface area contributed by atoms with Crippen molar-refractivity contribution >= 4 is 11.1 Å². The van der Waals surface area contributed by atoms with Crippen LogP contribution in [-0.4, -0.2) is 4.98 Å². The molecule has 0 saturated carbocycles. The van der Waals surface area contributed by atoms with Crippen LogP contribution >= 0.6 is 0 Å². The van der Waals surface area contributed by atoms with Crippen LogP contribution in [0.4, 0.5) is 8.78 Å². The van der Waals surface area contributed by atoms with Gasteiger partial charge in [-0.25, -0.2) is 13.8 Å². The Morgan fingerprint density at radius 1 is 1.11 bits per heavy atom. The van der Waals surface area contributed by atoms with Gasteiger partial charge in [-0.15, -0.1) is 0 Å². The van der Waals surface area contributed by atoms with Crippen molar-refractivity contribution in [2.45, 2.75) is 13.3 Å². The highest BCUT2D eigenvalue weighted by atomic mass is 19.1. The molecule has 2 aromatic carbocycles. The largest absolute Gasteiger partial charge is 0.440 e. The normalized spacial score (nSPS) is 11.1. The van der Waals surface area contributed by atoms with Crippen LogP contribution in [0.2, 0.25) is 0 Å². The van der Waals surface area contributed by atoms with Gasteiger partial charge in [0.05, 0.1) is 6.42 Å². The first-order valence-corrected chi connectivity index (χ1v) is 5.92. The van der Waals surface area contributed by atoms with Gasteiger partial charge in [-0.2, -0.15) is 0 Å². The first kappa shape index (κ1) is 11.8. The van der Waals surface area contributed by atoms with Gasteiger partial charge in [0.15, 0.2) is 11.5 Å². The van der Waals surface area contributed by atoms with Gasteiger partial charge in [0, 0.05) is 5.56 Å². The number of halogens is 2. The predicted octanol–water partition coefficient (Wildman–Crippen LogP) is 4.01. The molecular weight excluding hydrogens is 248 g/mol. The third-order valence-electron chi connectivity index (χ3n) is 2.98. The summed E-state index contributed by atoms with van der Waals surface area (Å²) < 4.78 is 32.6. The first-order chi connectivity index (χ1) is 9.13. The molecule has 0 N–H and O–H groups in total. The van der Waals surface area contributed by atoms with Crippen LogP contribution in [0.3, 0.4) is 0 Å². The number of aryl methyl sites for hydroxylation is 1. The average molecular weight is 259 g/mol. The molecule has 1 heterocycles. The number of fused-ring (bicyclic) bond motifs is 1. The van der Waals surface area contributed by atoms with E-state index in [9.17, 15) is 8.78 Å². The monoisotopic (exact) mass is 259 g/mol. The van der Waals surface area contributed by atoms with E-state index in [-0.39, 0.29) is 12.0 Å². The SMILES string of the molecule is Cc1ccc2oc(Cc3c(F)cccc3F)nc2c1. The molecule has 0 unspecified atom stereocenters. The molecule has 0 spiro atoms. The molecule has 96 valence electrons. The van der Waals surface area contributed by atoms with E-state index in [1.165, 1.54) is 18.2 Å². The average Bonchev–Trinajstić information content (AvgIpc) is 2.75. The van der Waals surface area contributed by atoms with E-state index in [0.717, 1.165) is 5.56 Å². The van der Waals surface area contributed by atoms with Gasteiger partial charge in [-0.05, 0) is 36.8 Å². The quantitative estimate of drug-likeness (QED) is 0.695. The van der Waals surface area contributed by atoms with E-state index in [1.54, 1.807) is 6.07 Å². The van der Waals surface area contributed by atoms with Crippen LogP contribution in [0.25, 0.3) is 11.1 Å². The molecule has 4 heteroatoms. The smallest absolute Gasteiger partial charge is 0.200 e. The Morgan fingerprint density at radius 3 is 2.58 bits per heavy atom. The Labute approximate surface area is 108 Å². The highest BCUT2D eigenvalue weighted by Crippen LogP contribution is 2.21. The second-order valence-electron chi connectivity index (χ2n) is 4.46. The molecule has 0 aliphatic heterocycles. The molecule has 0 aliphatic rings. The molecule has 0 fully saturated rings. The van der Waals surface area contributed by atoms with E-state index in [0.29, 0.717) is 17.0 Å². The fourth-order valence-electron chi connectivity index (χ4n) is 2.01. The molecule has 0 aliphatic carbocycles. The molecular formula is C15H11F2NO. The fourth-order valence-corrected chi connectivity index (χ4v) is 2.01. The molecule has 0 atom stereocenters. The number of rotatable bonds is 2. The van der Waals surface area contributed by atoms with Crippen molar-refractivity contribution in [1.82, 2.24) is 4.98 Å². The van der Waals surface area contributed by atoms with Gasteiger partial charge in [0.1, 0.15) is 17.2 Å². The van der Waals surface area contributed by atoms with Crippen molar-refractivity contribution in [2.24, 2.45) is 0 Å². The summed E-state index contributed by atoms with van der Waals surface area (Å²) in [5.41, 5.74) is 2.36. The third-order valence-corrected chi connectivity index (χ3v) is 2.98. The fraction of sp³-hybridized carbons (Fsp3) is 0.133. The molecule has 0 bridgehead atoms. The van der Waals surface area contributed by atoms with Gasteiger partial charge in [0.25, 0.3) is 0 Å². The van der Waals surface area contributed by atoms with Crippen molar-refractivity contribution in [3.05, 3.63) is 65.1 Å². The predicted molar refractivity (Wildman–Crippen MR) is 67.9 cm³/mol. The lowest BCUT2D eigenvalue weighted by Gasteiger charge is -2.01. The third kappa shape index (κ3) is 2.21. The number of nitrogens with zero attached hydrogens (tertiary/aromatic N) is 1. The minimum absolute atomic E-state index is 0.00618. The lowest BCUT2D eigenvalue weighted by atomic mass is 10.1. The molecule has 0 radical (unpaired) electrons. The summed E-state index contributed by atoms with van der Waals surface area (Å²) in [5, 5.41) is 0. The maximum Gasteiger partial charge on any atom is 0.200 e. The summed E-state index contributed by atoms with van der Waals surface area (Å²) in [6.45, 7) is 1.95. The number of aromatic nitrogens is 1. The minimum Gasteiger partial charge on any atom is -0.440 e. The van der Waals surface area contributed by atoms with Crippen LogP contribution in [0, 0.1) is 18.6 Å². The number of hydrogen-bond acceptors (Lipinski definition) is 2. The summed E-state index contributed by atoms with van der Waals surface area (Å²) in [4.78, 5) is 4.25. The van der Waals surface area contributed by atoms with Crippen molar-refractivity contribution in [3.8, 4) is 0 Å². The number of hydrogen-bond donors (Lipinski definition) is 0. The summed E-state index contributed by atoms with van der Waals surface area (Å²) in [7, 11) is 0. The highest BCUT2D eigenvalue weighted by molar-refractivity contribution is 5.73. The van der Waals surface area contributed by atoms with Gasteiger partial charge in [0.2, 0.25) is 0 Å². The van der Waals surface area contributed by atoms with Gasteiger partial charge in [-0.3, -0.25) is 0 Å². The topological polar surface area (TPSA) is 26.0 Å². The van der Waals surface area contributed by atoms with Crippen molar-refractivity contribution in [1.29, 1.82) is 0 Å². The Kier molecular flexibility index (Phi) is 2.78. The van der Waals surface area contributed by atoms with E-state index in [4.69, 9.17) is 4.42 Å². The van der Waals surface area contributed by atoms with Crippen LogP contribution < -0.4 is 0 Å². The number of oxazole rings is 1. The van der Waals surface area contributed by atoms with Gasteiger partial charge in [-0.1, -0.05) is 12.1 Å². The second-order valence-corrected chi connectivity index (χ2v) is 4.46. The lowest BCUT2D eigenvalue weighted by Crippen LogP contribution is -1.96. The van der Waals surface area contributed by atoms with Gasteiger partial charge < -0.3 is 4.42 Å². The van der Waals surface area contributed by atoms with Crippen LogP contribution in [0.5, 0.6) is 0 Å². The Bertz CT molecular complexity index is 729. The van der Waals surface area contributed by atoms with E-state index >= 15 is 0 Å². The molecule has 0 saturated heterocycles. The van der Waals surface area contributed by atoms with E-state index < -0.39 is 11.6 Å². The Hall–Kier alpha value is -2.23.